The van der Waals surface area contributed by atoms with E-state index in [1.807, 2.05) is 24.3 Å². The minimum Gasteiger partial charge on any atom is -0.382 e. The Balaban J connectivity index is 2.64. The quantitative estimate of drug-likeness (QED) is 0.825. The number of halogens is 1. The van der Waals surface area contributed by atoms with Crippen LogP contribution in [0.5, 0.6) is 0 Å². The molecule has 0 aliphatic heterocycles. The summed E-state index contributed by atoms with van der Waals surface area (Å²) < 4.78 is 0. The first-order chi connectivity index (χ1) is 7.97. The van der Waals surface area contributed by atoms with Gasteiger partial charge in [-0.3, -0.25) is 4.79 Å². The third-order valence-corrected chi connectivity index (χ3v) is 2.76. The van der Waals surface area contributed by atoms with Crippen LogP contribution in [-0.2, 0) is 4.79 Å². The molecule has 1 N–H and O–H groups in total. The van der Waals surface area contributed by atoms with Crippen LogP contribution < -0.4 is 5.32 Å². The van der Waals surface area contributed by atoms with Crippen molar-refractivity contribution in [3.63, 3.8) is 0 Å². The van der Waals surface area contributed by atoms with Crippen molar-refractivity contribution in [3.05, 3.63) is 29.3 Å². The minimum atomic E-state index is 0.202. The number of hydrogen-bond acceptors (Lipinski definition) is 2. The number of nitrogens with one attached hydrogen (secondary N) is 1. The molecule has 0 amide bonds. The first-order valence-electron chi connectivity index (χ1n) is 5.99. The fourth-order valence-corrected chi connectivity index (χ4v) is 2.02. The van der Waals surface area contributed by atoms with E-state index in [4.69, 9.17) is 11.6 Å². The lowest BCUT2D eigenvalue weighted by molar-refractivity contribution is -0.117. The molecule has 0 radical (unpaired) electrons. The van der Waals surface area contributed by atoms with Crippen LogP contribution in [0.4, 0.5) is 5.69 Å². The van der Waals surface area contributed by atoms with E-state index >= 15 is 0 Å². The predicted molar refractivity (Wildman–Crippen MR) is 73.6 cm³/mol. The lowest BCUT2D eigenvalue weighted by Crippen LogP contribution is -2.24. The largest absolute Gasteiger partial charge is 0.382 e. The van der Waals surface area contributed by atoms with Gasteiger partial charge in [0.1, 0.15) is 5.78 Å². The van der Waals surface area contributed by atoms with Gasteiger partial charge in [0, 0.05) is 23.2 Å². The highest BCUT2D eigenvalue weighted by atomic mass is 35.5. The van der Waals surface area contributed by atoms with Crippen LogP contribution in [0.25, 0.3) is 0 Å². The van der Waals surface area contributed by atoms with E-state index in [9.17, 15) is 4.79 Å². The molecule has 1 aromatic rings. The van der Waals surface area contributed by atoms with Gasteiger partial charge in [-0.1, -0.05) is 25.4 Å². The van der Waals surface area contributed by atoms with Crippen molar-refractivity contribution in [3.8, 4) is 0 Å². The number of carbonyl (C=O) groups excluding carboxylic acids is 1. The SMILES string of the molecule is CC(=O)C[C@@H](CC(C)C)Nc1ccc(Cl)cc1. The van der Waals surface area contributed by atoms with Crippen molar-refractivity contribution in [1.82, 2.24) is 0 Å². The number of benzene rings is 1. The van der Waals surface area contributed by atoms with E-state index in [1.165, 1.54) is 0 Å². The molecule has 94 valence electrons. The zero-order chi connectivity index (χ0) is 12.8. The summed E-state index contributed by atoms with van der Waals surface area (Å²) in [4.78, 5) is 11.2. The molecule has 0 heterocycles. The Morgan fingerprint density at radius 1 is 1.29 bits per heavy atom. The number of carbonyl (C=O) groups is 1. The van der Waals surface area contributed by atoms with E-state index < -0.39 is 0 Å². The monoisotopic (exact) mass is 253 g/mol. The van der Waals surface area contributed by atoms with E-state index in [0.29, 0.717) is 12.3 Å². The van der Waals surface area contributed by atoms with Crippen LogP contribution in [-0.4, -0.2) is 11.8 Å². The number of rotatable bonds is 6. The van der Waals surface area contributed by atoms with Gasteiger partial charge in [0.05, 0.1) is 0 Å². The normalized spacial score (nSPS) is 12.5. The molecule has 1 atom stereocenters. The van der Waals surface area contributed by atoms with Crippen LogP contribution in [0.1, 0.15) is 33.6 Å². The lowest BCUT2D eigenvalue weighted by Gasteiger charge is -2.20. The summed E-state index contributed by atoms with van der Waals surface area (Å²) in [5, 5.41) is 4.11. The second kappa shape index (κ2) is 6.65. The molecule has 3 heteroatoms. The molecule has 0 aromatic heterocycles. The Hall–Kier alpha value is -1.02. The van der Waals surface area contributed by atoms with E-state index in [1.54, 1.807) is 6.92 Å². The van der Waals surface area contributed by atoms with Crippen molar-refractivity contribution in [1.29, 1.82) is 0 Å². The summed E-state index contributed by atoms with van der Waals surface area (Å²) in [6, 6.07) is 7.79. The fourth-order valence-electron chi connectivity index (χ4n) is 1.89. The van der Waals surface area contributed by atoms with Gasteiger partial charge in [-0.2, -0.15) is 0 Å². The van der Waals surface area contributed by atoms with E-state index in [-0.39, 0.29) is 11.8 Å². The summed E-state index contributed by atoms with van der Waals surface area (Å²) in [5.74, 6) is 0.788. The van der Waals surface area contributed by atoms with Crippen molar-refractivity contribution < 1.29 is 4.79 Å². The summed E-state index contributed by atoms with van der Waals surface area (Å²) in [5.41, 5.74) is 1.02. The molecule has 0 unspecified atom stereocenters. The Kier molecular flexibility index (Phi) is 5.49. The van der Waals surface area contributed by atoms with Gasteiger partial charge >= 0.3 is 0 Å². The number of anilines is 1. The van der Waals surface area contributed by atoms with Crippen LogP contribution in [0, 0.1) is 5.92 Å². The fraction of sp³-hybridized carbons (Fsp3) is 0.500. The molecule has 0 bridgehead atoms. The molecule has 2 nitrogen and oxygen atoms in total. The molecule has 0 fully saturated rings. The highest BCUT2D eigenvalue weighted by Gasteiger charge is 2.12. The van der Waals surface area contributed by atoms with Gasteiger partial charge < -0.3 is 5.32 Å². The standard InChI is InChI=1S/C14H20ClNO/c1-10(2)8-14(9-11(3)17)16-13-6-4-12(15)5-7-13/h4-7,10,14,16H,8-9H2,1-3H3/t14-/m1/s1. The summed E-state index contributed by atoms with van der Waals surface area (Å²) in [7, 11) is 0. The second-order valence-corrected chi connectivity index (χ2v) is 5.32. The molecule has 1 rings (SSSR count). The zero-order valence-electron chi connectivity index (χ0n) is 10.7. The van der Waals surface area contributed by atoms with Crippen LogP contribution >= 0.6 is 11.6 Å². The summed E-state index contributed by atoms with van der Waals surface area (Å²) >= 11 is 5.83. The molecular weight excluding hydrogens is 234 g/mol. The van der Waals surface area contributed by atoms with Crippen LogP contribution in [0.2, 0.25) is 5.02 Å². The van der Waals surface area contributed by atoms with E-state index in [0.717, 1.165) is 17.1 Å². The molecule has 0 saturated carbocycles. The van der Waals surface area contributed by atoms with Gasteiger partial charge in [-0.25, -0.2) is 0 Å². The Morgan fingerprint density at radius 3 is 2.35 bits per heavy atom. The van der Waals surface area contributed by atoms with Gasteiger partial charge in [0.25, 0.3) is 0 Å². The molecule has 17 heavy (non-hydrogen) atoms. The molecule has 0 aliphatic carbocycles. The average molecular weight is 254 g/mol. The number of hydrogen-bond donors (Lipinski definition) is 1. The van der Waals surface area contributed by atoms with Gasteiger partial charge in [0.15, 0.2) is 0 Å². The highest BCUT2D eigenvalue weighted by Crippen LogP contribution is 2.18. The topological polar surface area (TPSA) is 29.1 Å². The van der Waals surface area contributed by atoms with Gasteiger partial charge in [-0.15, -0.1) is 0 Å². The maximum absolute atomic E-state index is 11.2. The zero-order valence-corrected chi connectivity index (χ0v) is 11.4. The number of ketones is 1. The Labute approximate surface area is 108 Å². The van der Waals surface area contributed by atoms with Crippen LogP contribution in [0.3, 0.4) is 0 Å². The van der Waals surface area contributed by atoms with Crippen molar-refractivity contribution in [2.24, 2.45) is 5.92 Å². The molecule has 0 aliphatic rings. The van der Waals surface area contributed by atoms with Crippen LogP contribution in [0.15, 0.2) is 24.3 Å². The van der Waals surface area contributed by atoms with Crippen molar-refractivity contribution in [2.75, 3.05) is 5.32 Å². The predicted octanol–water partition coefficient (Wildman–Crippen LogP) is 4.15. The van der Waals surface area contributed by atoms with Crippen molar-refractivity contribution >= 4 is 23.1 Å². The molecule has 0 spiro atoms. The molecule has 1 aromatic carbocycles. The summed E-state index contributed by atoms with van der Waals surface area (Å²) in [6.07, 6.45) is 1.56. The highest BCUT2D eigenvalue weighted by molar-refractivity contribution is 6.30. The Bertz CT molecular complexity index is 359. The average Bonchev–Trinajstić information content (AvgIpc) is 2.19. The number of Topliss-reactive ketones (excluding diaryl/α,β-unsaturated/α-hetero) is 1. The smallest absolute Gasteiger partial charge is 0.131 e. The lowest BCUT2D eigenvalue weighted by atomic mass is 9.99. The second-order valence-electron chi connectivity index (χ2n) is 4.88. The minimum absolute atomic E-state index is 0.202. The first-order valence-corrected chi connectivity index (χ1v) is 6.36. The maximum atomic E-state index is 11.2. The third-order valence-electron chi connectivity index (χ3n) is 2.50. The molecule has 0 saturated heterocycles. The van der Waals surface area contributed by atoms with Gasteiger partial charge in [-0.05, 0) is 43.5 Å². The first kappa shape index (κ1) is 14.0. The molecular formula is C14H20ClNO. The van der Waals surface area contributed by atoms with E-state index in [2.05, 4.69) is 19.2 Å². The Morgan fingerprint density at radius 2 is 1.88 bits per heavy atom. The van der Waals surface area contributed by atoms with Gasteiger partial charge in [0.2, 0.25) is 0 Å². The summed E-state index contributed by atoms with van der Waals surface area (Å²) in [6.45, 7) is 5.96. The van der Waals surface area contributed by atoms with Crippen molar-refractivity contribution in [2.45, 2.75) is 39.7 Å². The maximum Gasteiger partial charge on any atom is 0.131 e. The third kappa shape index (κ3) is 5.73.